The largest absolute Gasteiger partial charge is 0.416 e. The predicted octanol–water partition coefficient (Wildman–Crippen LogP) is 4.06. The molecule has 7 nitrogen and oxygen atoms in total. The lowest BCUT2D eigenvalue weighted by Crippen LogP contribution is -2.35. The van der Waals surface area contributed by atoms with E-state index in [9.17, 15) is 18.0 Å². The summed E-state index contributed by atoms with van der Waals surface area (Å²) in [5.74, 6) is 0. The van der Waals surface area contributed by atoms with Crippen molar-refractivity contribution in [2.24, 2.45) is 0 Å². The van der Waals surface area contributed by atoms with Gasteiger partial charge in [0.2, 0.25) is 0 Å². The molecule has 1 aliphatic heterocycles. The van der Waals surface area contributed by atoms with Gasteiger partial charge in [-0.3, -0.25) is 4.90 Å². The standard InChI is InChI=1S/C20H20F3N5O2/c21-20(22,23)13-1-3-14(4-2-13)26-19(29)27-17-11-24-18-16(17)6-5-15(25-18)12-28-7-9-30-10-8-28/h1-6,11H,7-10,12H2,(H,24,25)(H2,26,27,29). The summed E-state index contributed by atoms with van der Waals surface area (Å²) in [7, 11) is 0. The van der Waals surface area contributed by atoms with Gasteiger partial charge < -0.3 is 20.4 Å². The van der Waals surface area contributed by atoms with Crippen molar-refractivity contribution < 1.29 is 22.7 Å². The third-order valence-electron chi connectivity index (χ3n) is 4.80. The average molecular weight is 419 g/mol. The van der Waals surface area contributed by atoms with E-state index in [-0.39, 0.29) is 5.69 Å². The number of urea groups is 1. The maximum absolute atomic E-state index is 12.6. The molecule has 0 saturated carbocycles. The molecule has 1 saturated heterocycles. The number of rotatable bonds is 4. The number of carbonyl (C=O) groups is 1. The lowest BCUT2D eigenvalue weighted by molar-refractivity contribution is -0.137. The number of halogens is 3. The van der Waals surface area contributed by atoms with E-state index in [0.29, 0.717) is 24.5 Å². The van der Waals surface area contributed by atoms with E-state index in [2.05, 4.69) is 25.5 Å². The number of nitrogens with one attached hydrogen (secondary N) is 3. The molecule has 3 N–H and O–H groups in total. The van der Waals surface area contributed by atoms with Crippen molar-refractivity contribution in [3.63, 3.8) is 0 Å². The zero-order valence-corrected chi connectivity index (χ0v) is 15.9. The maximum atomic E-state index is 12.6. The molecule has 0 bridgehead atoms. The van der Waals surface area contributed by atoms with Gasteiger partial charge in [-0.15, -0.1) is 0 Å². The lowest BCUT2D eigenvalue weighted by atomic mass is 10.2. The van der Waals surface area contributed by atoms with Crippen molar-refractivity contribution in [3.8, 4) is 0 Å². The molecule has 0 atom stereocenters. The number of nitrogens with zero attached hydrogens (tertiary/aromatic N) is 2. The van der Waals surface area contributed by atoms with Crippen LogP contribution in [0.15, 0.2) is 42.6 Å². The van der Waals surface area contributed by atoms with Gasteiger partial charge in [0.05, 0.1) is 30.2 Å². The number of ether oxygens (including phenoxy) is 1. The zero-order chi connectivity index (χ0) is 21.1. The summed E-state index contributed by atoms with van der Waals surface area (Å²) >= 11 is 0. The molecule has 0 spiro atoms. The number of hydrogen-bond donors (Lipinski definition) is 3. The Morgan fingerprint density at radius 3 is 2.53 bits per heavy atom. The number of amides is 2. The van der Waals surface area contributed by atoms with E-state index in [1.807, 2.05) is 12.1 Å². The summed E-state index contributed by atoms with van der Waals surface area (Å²) < 4.78 is 43.2. The Balaban J connectivity index is 1.40. The van der Waals surface area contributed by atoms with Crippen LogP contribution in [-0.4, -0.2) is 47.2 Å². The summed E-state index contributed by atoms with van der Waals surface area (Å²) in [6.07, 6.45) is -2.79. The van der Waals surface area contributed by atoms with Gasteiger partial charge in [-0.1, -0.05) is 0 Å². The molecule has 1 aliphatic rings. The molecule has 2 aromatic heterocycles. The Morgan fingerprint density at radius 1 is 1.10 bits per heavy atom. The molecule has 0 unspecified atom stereocenters. The Kier molecular flexibility index (Phi) is 5.60. The van der Waals surface area contributed by atoms with E-state index in [0.717, 1.165) is 42.8 Å². The molecular weight excluding hydrogens is 399 g/mol. The number of H-pyrrole nitrogens is 1. The highest BCUT2D eigenvalue weighted by Crippen LogP contribution is 2.30. The summed E-state index contributed by atoms with van der Waals surface area (Å²) in [4.78, 5) is 22.1. The van der Waals surface area contributed by atoms with Crippen LogP contribution in [0.4, 0.5) is 29.3 Å². The van der Waals surface area contributed by atoms with Gasteiger partial charge >= 0.3 is 12.2 Å². The van der Waals surface area contributed by atoms with Crippen LogP contribution >= 0.6 is 0 Å². The van der Waals surface area contributed by atoms with Crippen LogP contribution in [0.1, 0.15) is 11.3 Å². The van der Waals surface area contributed by atoms with Crippen molar-refractivity contribution in [2.45, 2.75) is 12.7 Å². The highest BCUT2D eigenvalue weighted by atomic mass is 19.4. The molecule has 10 heteroatoms. The summed E-state index contributed by atoms with van der Waals surface area (Å²) in [6, 6.07) is 7.47. The number of hydrogen-bond acceptors (Lipinski definition) is 4. The Labute approximate surface area is 170 Å². The summed E-state index contributed by atoms with van der Waals surface area (Å²) in [6.45, 7) is 3.87. The van der Waals surface area contributed by atoms with E-state index >= 15 is 0 Å². The number of aromatic nitrogens is 2. The van der Waals surface area contributed by atoms with Gasteiger partial charge in [0.25, 0.3) is 0 Å². The van der Waals surface area contributed by atoms with Crippen LogP contribution in [0, 0.1) is 0 Å². The molecule has 1 fully saturated rings. The maximum Gasteiger partial charge on any atom is 0.416 e. The van der Waals surface area contributed by atoms with Crippen molar-refractivity contribution in [2.75, 3.05) is 36.9 Å². The first-order valence-corrected chi connectivity index (χ1v) is 9.41. The van der Waals surface area contributed by atoms with Crippen LogP contribution in [0.2, 0.25) is 0 Å². The van der Waals surface area contributed by atoms with Crippen LogP contribution < -0.4 is 10.6 Å². The average Bonchev–Trinajstić information content (AvgIpc) is 3.10. The first-order chi connectivity index (χ1) is 14.4. The van der Waals surface area contributed by atoms with Crippen molar-refractivity contribution in [1.82, 2.24) is 14.9 Å². The second kappa shape index (κ2) is 8.33. The topological polar surface area (TPSA) is 82.3 Å². The van der Waals surface area contributed by atoms with Gasteiger partial charge in [0.15, 0.2) is 0 Å². The third-order valence-corrected chi connectivity index (χ3v) is 4.80. The van der Waals surface area contributed by atoms with Gasteiger partial charge in [-0.2, -0.15) is 13.2 Å². The molecule has 0 radical (unpaired) electrons. The summed E-state index contributed by atoms with van der Waals surface area (Å²) in [5.41, 5.74) is 1.56. The molecule has 3 aromatic rings. The minimum Gasteiger partial charge on any atom is -0.379 e. The van der Waals surface area contributed by atoms with Gasteiger partial charge in [-0.05, 0) is 36.4 Å². The lowest BCUT2D eigenvalue weighted by Gasteiger charge is -2.26. The predicted molar refractivity (Wildman–Crippen MR) is 106 cm³/mol. The van der Waals surface area contributed by atoms with E-state index in [1.54, 1.807) is 6.20 Å². The normalized spacial score (nSPS) is 15.3. The fraction of sp³-hybridized carbons (Fsp3) is 0.300. The van der Waals surface area contributed by atoms with Crippen LogP contribution in [0.3, 0.4) is 0 Å². The van der Waals surface area contributed by atoms with Crippen molar-refractivity contribution in [1.29, 1.82) is 0 Å². The molecule has 158 valence electrons. The molecular formula is C20H20F3N5O2. The SMILES string of the molecule is O=C(Nc1ccc(C(F)(F)F)cc1)Nc1c[nH]c2nc(CN3CCOCC3)ccc12. The molecule has 2 amide bonds. The van der Waals surface area contributed by atoms with Gasteiger partial charge in [0, 0.05) is 36.9 Å². The Hall–Kier alpha value is -3.11. The molecule has 1 aromatic carbocycles. The fourth-order valence-corrected chi connectivity index (χ4v) is 3.25. The number of carbonyl (C=O) groups excluding carboxylic acids is 1. The van der Waals surface area contributed by atoms with Gasteiger partial charge in [-0.25, -0.2) is 9.78 Å². The second-order valence-corrected chi connectivity index (χ2v) is 6.94. The first kappa shape index (κ1) is 20.2. The number of benzene rings is 1. The van der Waals surface area contributed by atoms with Crippen LogP contribution in [0.5, 0.6) is 0 Å². The monoisotopic (exact) mass is 419 g/mol. The fourth-order valence-electron chi connectivity index (χ4n) is 3.25. The molecule has 4 rings (SSSR count). The minimum absolute atomic E-state index is 0.256. The second-order valence-electron chi connectivity index (χ2n) is 6.94. The smallest absolute Gasteiger partial charge is 0.379 e. The zero-order valence-electron chi connectivity index (χ0n) is 15.9. The number of fused-ring (bicyclic) bond motifs is 1. The van der Waals surface area contributed by atoms with Crippen LogP contribution in [0.25, 0.3) is 11.0 Å². The highest BCUT2D eigenvalue weighted by Gasteiger charge is 2.30. The molecule has 0 aliphatic carbocycles. The minimum atomic E-state index is -4.42. The molecule has 3 heterocycles. The number of morpholine rings is 1. The number of pyridine rings is 1. The van der Waals surface area contributed by atoms with Crippen LogP contribution in [-0.2, 0) is 17.5 Å². The highest BCUT2D eigenvalue weighted by molar-refractivity contribution is 6.05. The van der Waals surface area contributed by atoms with Crippen molar-refractivity contribution in [3.05, 3.63) is 53.9 Å². The number of alkyl halides is 3. The quantitative estimate of drug-likeness (QED) is 0.596. The van der Waals surface area contributed by atoms with E-state index < -0.39 is 17.8 Å². The van der Waals surface area contributed by atoms with Gasteiger partial charge in [0.1, 0.15) is 5.65 Å². The summed E-state index contributed by atoms with van der Waals surface area (Å²) in [5, 5.41) is 5.95. The van der Waals surface area contributed by atoms with Crippen molar-refractivity contribution >= 4 is 28.4 Å². The molecule has 30 heavy (non-hydrogen) atoms. The third kappa shape index (κ3) is 4.71. The number of anilines is 2. The Morgan fingerprint density at radius 2 is 1.83 bits per heavy atom. The van der Waals surface area contributed by atoms with E-state index in [1.165, 1.54) is 12.1 Å². The number of aromatic amines is 1. The Bertz CT molecular complexity index is 1030. The first-order valence-electron chi connectivity index (χ1n) is 9.41. The van der Waals surface area contributed by atoms with E-state index in [4.69, 9.17) is 4.74 Å².